The van der Waals surface area contributed by atoms with Crippen molar-refractivity contribution < 1.29 is 19.4 Å². The number of carbonyl (C=O) groups excluding carboxylic acids is 1. The predicted molar refractivity (Wildman–Crippen MR) is 104 cm³/mol. The smallest absolute Gasteiger partial charge is 0.421 e. The zero-order chi connectivity index (χ0) is 19.1. The molecule has 1 aromatic carbocycles. The summed E-state index contributed by atoms with van der Waals surface area (Å²) in [4.78, 5) is 30.7. The number of hydrogen-bond donors (Lipinski definition) is 1. The average molecular weight is 390 g/mol. The number of amides is 1. The van der Waals surface area contributed by atoms with E-state index in [1.807, 2.05) is 31.2 Å². The summed E-state index contributed by atoms with van der Waals surface area (Å²) in [6, 6.07) is 9.06. The van der Waals surface area contributed by atoms with E-state index < -0.39 is 17.7 Å². The molecule has 0 fully saturated rings. The monoisotopic (exact) mass is 390 g/mol. The van der Waals surface area contributed by atoms with E-state index >= 15 is 0 Å². The molecule has 0 saturated carbocycles. The molecular weight excluding hydrogens is 372 g/mol. The maximum Gasteiger partial charge on any atom is 0.421 e. The van der Waals surface area contributed by atoms with Crippen LogP contribution in [0.4, 0.5) is 15.6 Å². The first-order valence-electron chi connectivity index (χ1n) is 7.88. The van der Waals surface area contributed by atoms with Crippen LogP contribution in [0.5, 0.6) is 0 Å². The number of carboxylic acid groups (broad SMARTS) is 1. The number of anilines is 2. The molecular formula is C18H18N2O4S2. The van der Waals surface area contributed by atoms with Crippen molar-refractivity contribution in [3.05, 3.63) is 40.8 Å². The minimum Gasteiger partial charge on any atom is -0.477 e. The fourth-order valence-corrected chi connectivity index (χ4v) is 4.38. The van der Waals surface area contributed by atoms with Gasteiger partial charge in [-0.15, -0.1) is 11.3 Å². The Bertz CT molecular complexity index is 953. The summed E-state index contributed by atoms with van der Waals surface area (Å²) in [7, 11) is 0. The van der Waals surface area contributed by atoms with Gasteiger partial charge < -0.3 is 9.84 Å². The molecule has 0 saturated heterocycles. The summed E-state index contributed by atoms with van der Waals surface area (Å²) in [6.07, 6.45) is -0.522. The maximum absolute atomic E-state index is 12.9. The van der Waals surface area contributed by atoms with Crippen molar-refractivity contribution >= 4 is 55.1 Å². The lowest BCUT2D eigenvalue weighted by Gasteiger charge is -2.26. The molecule has 1 N–H and O–H groups in total. The summed E-state index contributed by atoms with van der Waals surface area (Å²) in [5.41, 5.74) is 0.938. The number of benzene rings is 1. The second kappa shape index (κ2) is 6.69. The molecule has 136 valence electrons. The van der Waals surface area contributed by atoms with Crippen LogP contribution in [0.15, 0.2) is 30.3 Å². The molecule has 8 heteroatoms. The molecule has 0 unspecified atom stereocenters. The van der Waals surface area contributed by atoms with Crippen LogP contribution in [0.3, 0.4) is 0 Å². The Hall–Kier alpha value is -2.45. The van der Waals surface area contributed by atoms with Crippen molar-refractivity contribution in [2.24, 2.45) is 0 Å². The number of carbonyl (C=O) groups is 2. The molecule has 0 aliphatic carbocycles. The number of thiophene rings is 1. The van der Waals surface area contributed by atoms with Gasteiger partial charge in [-0.2, -0.15) is 0 Å². The van der Waals surface area contributed by atoms with E-state index in [0.29, 0.717) is 15.6 Å². The van der Waals surface area contributed by atoms with E-state index in [2.05, 4.69) is 4.98 Å². The lowest BCUT2D eigenvalue weighted by Crippen LogP contribution is -2.34. The number of thiazole rings is 1. The van der Waals surface area contributed by atoms with E-state index in [1.54, 1.807) is 26.8 Å². The van der Waals surface area contributed by atoms with Crippen LogP contribution < -0.4 is 4.90 Å². The van der Waals surface area contributed by atoms with Crippen LogP contribution in [0.2, 0.25) is 0 Å². The molecule has 1 amide bonds. The van der Waals surface area contributed by atoms with Crippen molar-refractivity contribution in [2.45, 2.75) is 33.3 Å². The van der Waals surface area contributed by atoms with Crippen LogP contribution >= 0.6 is 22.7 Å². The van der Waals surface area contributed by atoms with Crippen molar-refractivity contribution in [3.63, 3.8) is 0 Å². The van der Waals surface area contributed by atoms with Crippen LogP contribution in [0.1, 0.15) is 36.0 Å². The van der Waals surface area contributed by atoms with E-state index in [4.69, 9.17) is 9.84 Å². The molecule has 0 atom stereocenters. The number of ether oxygens (including phenoxy) is 1. The first kappa shape index (κ1) is 18.3. The minimum atomic E-state index is -0.982. The van der Waals surface area contributed by atoms with Crippen LogP contribution in [0.25, 0.3) is 9.53 Å². The third-order valence-corrected chi connectivity index (χ3v) is 5.55. The standard InChI is InChI=1S/C18H18N2O4S2/c1-10-7-5-6-8-11(10)20(17(23)24-18(2,3)4)16-19-14-12(26-16)9-13(25-14)15(21)22/h5-9H,1-4H3,(H,21,22). The third-order valence-electron chi connectivity index (χ3n) is 3.41. The number of hydrogen-bond acceptors (Lipinski definition) is 6. The van der Waals surface area contributed by atoms with E-state index in [1.165, 1.54) is 16.2 Å². The summed E-state index contributed by atoms with van der Waals surface area (Å²) in [6.45, 7) is 7.33. The SMILES string of the molecule is Cc1ccccc1N(C(=O)OC(C)(C)C)c1nc2sc(C(=O)O)cc2s1. The van der Waals surface area contributed by atoms with Gasteiger partial charge in [0.15, 0.2) is 0 Å². The summed E-state index contributed by atoms with van der Waals surface area (Å²) in [5.74, 6) is -0.982. The van der Waals surface area contributed by atoms with Gasteiger partial charge in [0, 0.05) is 0 Å². The molecule has 6 nitrogen and oxygen atoms in total. The van der Waals surface area contributed by atoms with Gasteiger partial charge >= 0.3 is 12.1 Å². The van der Waals surface area contributed by atoms with Gasteiger partial charge in [0.05, 0.1) is 10.4 Å². The summed E-state index contributed by atoms with van der Waals surface area (Å²) >= 11 is 2.35. The molecule has 3 rings (SSSR count). The number of carboxylic acids is 1. The number of rotatable bonds is 3. The highest BCUT2D eigenvalue weighted by Gasteiger charge is 2.29. The molecule has 0 bridgehead atoms. The second-order valence-corrected chi connectivity index (χ2v) is 8.72. The molecule has 0 aliphatic heterocycles. The lowest BCUT2D eigenvalue weighted by atomic mass is 10.2. The third kappa shape index (κ3) is 3.71. The van der Waals surface area contributed by atoms with Gasteiger partial charge in [0.1, 0.15) is 15.3 Å². The van der Waals surface area contributed by atoms with Crippen molar-refractivity contribution in [1.29, 1.82) is 0 Å². The number of aromatic carboxylic acids is 1. The van der Waals surface area contributed by atoms with Gasteiger partial charge in [0.25, 0.3) is 0 Å². The normalized spacial score (nSPS) is 11.5. The van der Waals surface area contributed by atoms with E-state index in [0.717, 1.165) is 21.6 Å². The van der Waals surface area contributed by atoms with Crippen molar-refractivity contribution in [3.8, 4) is 0 Å². The van der Waals surface area contributed by atoms with E-state index in [9.17, 15) is 9.59 Å². The highest BCUT2D eigenvalue weighted by atomic mass is 32.1. The zero-order valence-electron chi connectivity index (χ0n) is 14.8. The quantitative estimate of drug-likeness (QED) is 0.644. The maximum atomic E-state index is 12.9. The Balaban J connectivity index is 2.08. The number of aromatic nitrogens is 1. The largest absolute Gasteiger partial charge is 0.477 e. The average Bonchev–Trinajstić information content (AvgIpc) is 3.06. The Kier molecular flexibility index (Phi) is 4.72. The Morgan fingerprint density at radius 2 is 1.88 bits per heavy atom. The molecule has 0 aliphatic rings. The lowest BCUT2D eigenvalue weighted by molar-refractivity contribution is 0.0597. The number of aryl methyl sites for hydroxylation is 1. The fraction of sp³-hybridized carbons (Fsp3) is 0.278. The van der Waals surface area contributed by atoms with Crippen LogP contribution in [-0.2, 0) is 4.74 Å². The Morgan fingerprint density at radius 3 is 2.46 bits per heavy atom. The molecule has 3 aromatic rings. The first-order valence-corrected chi connectivity index (χ1v) is 9.51. The predicted octanol–water partition coefficient (Wildman–Crippen LogP) is 5.44. The van der Waals surface area contributed by atoms with Gasteiger partial charge in [-0.1, -0.05) is 29.5 Å². The highest BCUT2D eigenvalue weighted by Crippen LogP contribution is 2.39. The van der Waals surface area contributed by atoms with Crippen molar-refractivity contribution in [1.82, 2.24) is 4.98 Å². The molecule has 0 spiro atoms. The van der Waals surface area contributed by atoms with Gasteiger partial charge in [-0.25, -0.2) is 19.5 Å². The first-order chi connectivity index (χ1) is 12.2. The van der Waals surface area contributed by atoms with Crippen molar-refractivity contribution in [2.75, 3.05) is 4.90 Å². The zero-order valence-corrected chi connectivity index (χ0v) is 16.4. The summed E-state index contributed by atoms with van der Waals surface area (Å²) in [5, 5.41) is 9.57. The Labute approximate surface area is 158 Å². The minimum absolute atomic E-state index is 0.227. The molecule has 2 aromatic heterocycles. The topological polar surface area (TPSA) is 79.7 Å². The van der Waals surface area contributed by atoms with Crippen LogP contribution in [-0.4, -0.2) is 27.8 Å². The number of para-hydroxylation sites is 1. The molecule has 2 heterocycles. The summed E-state index contributed by atoms with van der Waals surface area (Å²) < 4.78 is 6.29. The fourth-order valence-electron chi connectivity index (χ4n) is 2.33. The van der Waals surface area contributed by atoms with Gasteiger partial charge in [-0.3, -0.25) is 0 Å². The number of nitrogens with zero attached hydrogens (tertiary/aromatic N) is 2. The number of fused-ring (bicyclic) bond motifs is 1. The van der Waals surface area contributed by atoms with Gasteiger partial charge in [-0.05, 0) is 45.4 Å². The molecule has 0 radical (unpaired) electrons. The second-order valence-electron chi connectivity index (χ2n) is 6.68. The van der Waals surface area contributed by atoms with Crippen LogP contribution in [0, 0.1) is 6.92 Å². The molecule has 26 heavy (non-hydrogen) atoms. The highest BCUT2D eigenvalue weighted by molar-refractivity contribution is 7.29. The Morgan fingerprint density at radius 1 is 1.19 bits per heavy atom. The van der Waals surface area contributed by atoms with E-state index in [-0.39, 0.29) is 4.88 Å². The van der Waals surface area contributed by atoms with Gasteiger partial charge in [0.2, 0.25) is 5.13 Å².